The Hall–Kier alpha value is -0.860. The van der Waals surface area contributed by atoms with Crippen LogP contribution in [0.3, 0.4) is 0 Å². The van der Waals surface area contributed by atoms with Gasteiger partial charge in [0.2, 0.25) is 0 Å². The first-order valence-corrected chi connectivity index (χ1v) is 7.14. The lowest BCUT2D eigenvalue weighted by Gasteiger charge is -2.39. The van der Waals surface area contributed by atoms with E-state index in [0.29, 0.717) is 12.6 Å². The lowest BCUT2D eigenvalue weighted by Crippen LogP contribution is -2.43. The SMILES string of the molecule is CCc1ccccc1C(CN)N1CCCC1(C)C. The van der Waals surface area contributed by atoms with Gasteiger partial charge in [-0.15, -0.1) is 0 Å². The highest BCUT2D eigenvalue weighted by Crippen LogP contribution is 2.36. The zero-order chi connectivity index (χ0) is 13.2. The predicted octanol–water partition coefficient (Wildman–Crippen LogP) is 3.12. The molecular weight excluding hydrogens is 220 g/mol. The highest BCUT2D eigenvalue weighted by atomic mass is 15.2. The molecule has 1 unspecified atom stereocenters. The average molecular weight is 246 g/mol. The molecule has 1 aliphatic heterocycles. The quantitative estimate of drug-likeness (QED) is 0.884. The Bertz CT molecular complexity index is 398. The van der Waals surface area contributed by atoms with Crippen LogP contribution in [0.25, 0.3) is 0 Å². The fraction of sp³-hybridized carbons (Fsp3) is 0.625. The van der Waals surface area contributed by atoms with Crippen molar-refractivity contribution in [3.8, 4) is 0 Å². The summed E-state index contributed by atoms with van der Waals surface area (Å²) in [6, 6.07) is 9.13. The largest absolute Gasteiger partial charge is 0.329 e. The number of rotatable bonds is 4. The Morgan fingerprint density at radius 1 is 1.33 bits per heavy atom. The van der Waals surface area contributed by atoms with Crippen LogP contribution >= 0.6 is 0 Å². The van der Waals surface area contributed by atoms with Gasteiger partial charge >= 0.3 is 0 Å². The molecule has 0 radical (unpaired) electrons. The first-order chi connectivity index (χ1) is 8.60. The second kappa shape index (κ2) is 5.41. The van der Waals surface area contributed by atoms with E-state index in [0.717, 1.165) is 6.42 Å². The Morgan fingerprint density at radius 3 is 2.61 bits per heavy atom. The molecule has 1 aliphatic rings. The Balaban J connectivity index is 2.33. The summed E-state index contributed by atoms with van der Waals surface area (Å²) in [5, 5.41) is 0. The van der Waals surface area contributed by atoms with E-state index < -0.39 is 0 Å². The maximum Gasteiger partial charge on any atom is 0.0478 e. The maximum atomic E-state index is 6.09. The smallest absolute Gasteiger partial charge is 0.0478 e. The monoisotopic (exact) mass is 246 g/mol. The van der Waals surface area contributed by atoms with Crippen molar-refractivity contribution in [1.82, 2.24) is 4.90 Å². The van der Waals surface area contributed by atoms with E-state index >= 15 is 0 Å². The Labute approximate surface area is 111 Å². The molecule has 18 heavy (non-hydrogen) atoms. The van der Waals surface area contributed by atoms with Crippen molar-refractivity contribution >= 4 is 0 Å². The van der Waals surface area contributed by atoms with E-state index in [1.165, 1.54) is 30.5 Å². The van der Waals surface area contributed by atoms with Crippen LogP contribution in [0.2, 0.25) is 0 Å². The maximum absolute atomic E-state index is 6.09. The molecule has 2 N–H and O–H groups in total. The first-order valence-electron chi connectivity index (χ1n) is 7.14. The summed E-state index contributed by atoms with van der Waals surface area (Å²) >= 11 is 0. The van der Waals surface area contributed by atoms with Gasteiger partial charge in [0.05, 0.1) is 0 Å². The normalized spacial score (nSPS) is 21.1. The third-order valence-corrected chi connectivity index (χ3v) is 4.36. The minimum Gasteiger partial charge on any atom is -0.329 e. The van der Waals surface area contributed by atoms with E-state index in [4.69, 9.17) is 5.73 Å². The molecule has 1 aromatic carbocycles. The fourth-order valence-corrected chi connectivity index (χ4v) is 3.31. The first kappa shape index (κ1) is 13.6. The molecule has 0 spiro atoms. The fourth-order valence-electron chi connectivity index (χ4n) is 3.31. The molecule has 1 fully saturated rings. The molecule has 0 amide bonds. The van der Waals surface area contributed by atoms with Crippen LogP contribution in [0, 0.1) is 0 Å². The van der Waals surface area contributed by atoms with Gasteiger partial charge in [-0.2, -0.15) is 0 Å². The summed E-state index contributed by atoms with van der Waals surface area (Å²) < 4.78 is 0. The van der Waals surface area contributed by atoms with Gasteiger partial charge in [-0.25, -0.2) is 0 Å². The van der Waals surface area contributed by atoms with E-state index in [2.05, 4.69) is 49.9 Å². The topological polar surface area (TPSA) is 29.3 Å². The van der Waals surface area contributed by atoms with Gasteiger partial charge in [0, 0.05) is 18.1 Å². The summed E-state index contributed by atoms with van der Waals surface area (Å²) in [6.45, 7) is 8.79. The van der Waals surface area contributed by atoms with Crippen LogP contribution in [0.1, 0.15) is 50.8 Å². The number of benzene rings is 1. The van der Waals surface area contributed by atoms with Crippen LogP contribution in [-0.2, 0) is 6.42 Å². The van der Waals surface area contributed by atoms with Crippen molar-refractivity contribution in [3.05, 3.63) is 35.4 Å². The molecule has 1 atom stereocenters. The lowest BCUT2D eigenvalue weighted by molar-refractivity contribution is 0.118. The molecule has 0 aromatic heterocycles. The van der Waals surface area contributed by atoms with Gasteiger partial charge in [0.1, 0.15) is 0 Å². The molecule has 100 valence electrons. The van der Waals surface area contributed by atoms with Crippen LogP contribution in [-0.4, -0.2) is 23.5 Å². The summed E-state index contributed by atoms with van der Waals surface area (Å²) in [7, 11) is 0. The van der Waals surface area contributed by atoms with E-state index in [-0.39, 0.29) is 5.54 Å². The number of hydrogen-bond donors (Lipinski definition) is 1. The lowest BCUT2D eigenvalue weighted by atomic mass is 9.94. The number of nitrogens with zero attached hydrogens (tertiary/aromatic N) is 1. The molecule has 0 aliphatic carbocycles. The molecule has 2 rings (SSSR count). The van der Waals surface area contributed by atoms with Gasteiger partial charge in [0.25, 0.3) is 0 Å². The van der Waals surface area contributed by atoms with E-state index in [1.807, 2.05) is 0 Å². The number of hydrogen-bond acceptors (Lipinski definition) is 2. The molecule has 2 nitrogen and oxygen atoms in total. The predicted molar refractivity (Wildman–Crippen MR) is 77.6 cm³/mol. The van der Waals surface area contributed by atoms with Gasteiger partial charge in [-0.1, -0.05) is 31.2 Å². The summed E-state index contributed by atoms with van der Waals surface area (Å²) in [6.07, 6.45) is 3.65. The Kier molecular flexibility index (Phi) is 4.08. The molecule has 2 heteroatoms. The Morgan fingerprint density at radius 2 is 2.06 bits per heavy atom. The summed E-state index contributed by atoms with van der Waals surface area (Å²) in [4.78, 5) is 2.60. The van der Waals surface area contributed by atoms with Crippen molar-refractivity contribution in [2.24, 2.45) is 5.73 Å². The van der Waals surface area contributed by atoms with Crippen molar-refractivity contribution in [3.63, 3.8) is 0 Å². The highest BCUT2D eigenvalue weighted by molar-refractivity contribution is 5.31. The molecule has 1 aromatic rings. The standard InChI is InChI=1S/C16H26N2/c1-4-13-8-5-6-9-14(13)15(12-17)18-11-7-10-16(18,2)3/h5-6,8-9,15H,4,7,10-12,17H2,1-3H3. The van der Waals surface area contributed by atoms with Crippen molar-refractivity contribution in [2.45, 2.75) is 51.6 Å². The second-order valence-electron chi connectivity index (χ2n) is 5.91. The molecule has 1 saturated heterocycles. The van der Waals surface area contributed by atoms with Crippen LogP contribution in [0.4, 0.5) is 0 Å². The van der Waals surface area contributed by atoms with Crippen LogP contribution < -0.4 is 5.73 Å². The number of likely N-dealkylation sites (tertiary alicyclic amines) is 1. The highest BCUT2D eigenvalue weighted by Gasteiger charge is 2.37. The minimum atomic E-state index is 0.283. The summed E-state index contributed by atoms with van der Waals surface area (Å²) in [5.41, 5.74) is 9.24. The third kappa shape index (κ3) is 2.45. The zero-order valence-corrected chi connectivity index (χ0v) is 11.9. The van der Waals surface area contributed by atoms with Crippen molar-refractivity contribution in [1.29, 1.82) is 0 Å². The van der Waals surface area contributed by atoms with Gasteiger partial charge in [-0.05, 0) is 50.8 Å². The van der Waals surface area contributed by atoms with Crippen molar-refractivity contribution in [2.75, 3.05) is 13.1 Å². The molecule has 1 heterocycles. The zero-order valence-electron chi connectivity index (χ0n) is 11.9. The number of nitrogens with two attached hydrogens (primary N) is 1. The van der Waals surface area contributed by atoms with E-state index in [1.54, 1.807) is 0 Å². The van der Waals surface area contributed by atoms with Gasteiger partial charge in [-0.3, -0.25) is 4.90 Å². The van der Waals surface area contributed by atoms with E-state index in [9.17, 15) is 0 Å². The summed E-state index contributed by atoms with van der Waals surface area (Å²) in [5.74, 6) is 0. The number of aryl methyl sites for hydroxylation is 1. The van der Waals surface area contributed by atoms with Crippen LogP contribution in [0.15, 0.2) is 24.3 Å². The van der Waals surface area contributed by atoms with Crippen molar-refractivity contribution < 1.29 is 0 Å². The average Bonchev–Trinajstić information content (AvgIpc) is 2.71. The molecule has 0 bridgehead atoms. The molecular formula is C16H26N2. The second-order valence-corrected chi connectivity index (χ2v) is 5.91. The molecule has 0 saturated carbocycles. The third-order valence-electron chi connectivity index (χ3n) is 4.36. The van der Waals surface area contributed by atoms with Crippen LogP contribution in [0.5, 0.6) is 0 Å². The van der Waals surface area contributed by atoms with Gasteiger partial charge < -0.3 is 5.73 Å². The minimum absolute atomic E-state index is 0.283. The van der Waals surface area contributed by atoms with Gasteiger partial charge in [0.15, 0.2) is 0 Å².